The Bertz CT molecular complexity index is 1150. The summed E-state index contributed by atoms with van der Waals surface area (Å²) in [5, 5.41) is 8.34. The second-order valence-corrected chi connectivity index (χ2v) is 6.93. The molecule has 152 valence electrons. The Kier molecular flexibility index (Phi) is 5.38. The first-order valence-corrected chi connectivity index (χ1v) is 9.75. The summed E-state index contributed by atoms with van der Waals surface area (Å²) in [7, 11) is 1.75. The minimum Gasteiger partial charge on any atom is -0.334 e. The van der Waals surface area contributed by atoms with Gasteiger partial charge in [-0.25, -0.2) is 9.67 Å². The molecule has 4 rings (SSSR count). The van der Waals surface area contributed by atoms with Gasteiger partial charge in [0.05, 0.1) is 23.0 Å². The maximum atomic E-state index is 12.9. The minimum atomic E-state index is -0.129. The summed E-state index contributed by atoms with van der Waals surface area (Å²) in [4.78, 5) is 23.4. The van der Waals surface area contributed by atoms with Gasteiger partial charge in [-0.1, -0.05) is 30.3 Å². The van der Waals surface area contributed by atoms with E-state index in [1.165, 1.54) is 0 Å². The Balaban J connectivity index is 1.56. The molecule has 0 radical (unpaired) electrons. The zero-order chi connectivity index (χ0) is 21.1. The lowest BCUT2D eigenvalue weighted by Crippen LogP contribution is -2.26. The van der Waals surface area contributed by atoms with Gasteiger partial charge in [0.15, 0.2) is 11.6 Å². The molecule has 30 heavy (non-hydrogen) atoms. The van der Waals surface area contributed by atoms with Crippen LogP contribution in [0.2, 0.25) is 0 Å². The maximum absolute atomic E-state index is 12.9. The third-order valence-electron chi connectivity index (χ3n) is 4.84. The molecule has 0 unspecified atom stereocenters. The lowest BCUT2D eigenvalue weighted by molar-refractivity contribution is 0.0992. The highest BCUT2D eigenvalue weighted by Gasteiger charge is 2.20. The molecular weight excluding hydrogens is 380 g/mol. The van der Waals surface area contributed by atoms with Crippen LogP contribution in [0.3, 0.4) is 0 Å². The fourth-order valence-corrected chi connectivity index (χ4v) is 3.13. The lowest BCUT2D eigenvalue weighted by Gasteiger charge is -2.17. The molecular formula is C22H22N6O2. The van der Waals surface area contributed by atoms with Gasteiger partial charge in [-0.15, -0.1) is 0 Å². The van der Waals surface area contributed by atoms with E-state index in [2.05, 4.69) is 27.1 Å². The van der Waals surface area contributed by atoms with E-state index in [9.17, 15) is 4.79 Å². The first-order chi connectivity index (χ1) is 14.6. The van der Waals surface area contributed by atoms with Crippen molar-refractivity contribution in [1.29, 1.82) is 0 Å². The average Bonchev–Trinajstić information content (AvgIpc) is 3.40. The van der Waals surface area contributed by atoms with Gasteiger partial charge in [0.2, 0.25) is 0 Å². The van der Waals surface area contributed by atoms with Gasteiger partial charge in [-0.2, -0.15) is 10.1 Å². The van der Waals surface area contributed by atoms with Crippen molar-refractivity contribution in [2.45, 2.75) is 26.7 Å². The van der Waals surface area contributed by atoms with Crippen LogP contribution in [0.1, 0.15) is 35.2 Å². The first-order valence-electron chi connectivity index (χ1n) is 9.75. The smallest absolute Gasteiger partial charge is 0.261 e. The van der Waals surface area contributed by atoms with E-state index in [4.69, 9.17) is 4.52 Å². The number of benzene rings is 1. The van der Waals surface area contributed by atoms with Crippen LogP contribution in [0, 0.1) is 6.92 Å². The number of hydrogen-bond acceptors (Lipinski definition) is 6. The van der Waals surface area contributed by atoms with E-state index in [1.807, 2.05) is 49.4 Å². The van der Waals surface area contributed by atoms with Gasteiger partial charge in [0, 0.05) is 25.4 Å². The summed E-state index contributed by atoms with van der Waals surface area (Å²) in [5.74, 6) is 1.60. The molecule has 1 amide bonds. The predicted octanol–water partition coefficient (Wildman–Crippen LogP) is 3.85. The molecule has 3 aromatic heterocycles. The Morgan fingerprint density at radius 1 is 1.13 bits per heavy atom. The zero-order valence-electron chi connectivity index (χ0n) is 17.1. The highest BCUT2D eigenvalue weighted by Crippen LogP contribution is 2.21. The highest BCUT2D eigenvalue weighted by molar-refractivity contribution is 6.06. The van der Waals surface area contributed by atoms with Gasteiger partial charge in [0.1, 0.15) is 0 Å². The number of aryl methyl sites for hydroxylation is 1. The van der Waals surface area contributed by atoms with Crippen LogP contribution in [0.5, 0.6) is 0 Å². The number of hydrogen-bond donors (Lipinski definition) is 0. The number of nitrogens with zero attached hydrogens (tertiary/aromatic N) is 6. The van der Waals surface area contributed by atoms with Gasteiger partial charge >= 0.3 is 0 Å². The SMILES string of the molecule is CCCc1noc(-c2ccc(-n3ncc(C(=O)N(C)c4ccccc4)c3C)nc2)n1. The van der Waals surface area contributed by atoms with E-state index in [0.717, 1.165) is 24.1 Å². The number of carbonyl (C=O) groups is 1. The monoisotopic (exact) mass is 402 g/mol. The fourth-order valence-electron chi connectivity index (χ4n) is 3.13. The number of pyridine rings is 1. The summed E-state index contributed by atoms with van der Waals surface area (Å²) >= 11 is 0. The molecule has 4 aromatic rings. The number of carbonyl (C=O) groups excluding carboxylic acids is 1. The number of amides is 1. The first kappa shape index (κ1) is 19.5. The van der Waals surface area contributed by atoms with E-state index < -0.39 is 0 Å². The van der Waals surface area contributed by atoms with Crippen molar-refractivity contribution in [1.82, 2.24) is 24.9 Å². The summed E-state index contributed by atoms with van der Waals surface area (Å²) in [6, 6.07) is 13.2. The summed E-state index contributed by atoms with van der Waals surface area (Å²) in [6.45, 7) is 3.92. The third-order valence-corrected chi connectivity index (χ3v) is 4.84. The molecule has 8 heteroatoms. The van der Waals surface area contributed by atoms with Gasteiger partial charge < -0.3 is 9.42 Å². The molecule has 0 aliphatic heterocycles. The summed E-state index contributed by atoms with van der Waals surface area (Å²) < 4.78 is 6.95. The molecule has 0 aliphatic carbocycles. The molecule has 0 saturated heterocycles. The highest BCUT2D eigenvalue weighted by atomic mass is 16.5. The maximum Gasteiger partial charge on any atom is 0.261 e. The van der Waals surface area contributed by atoms with Gasteiger partial charge in [-0.3, -0.25) is 4.79 Å². The van der Waals surface area contributed by atoms with Crippen LogP contribution in [0.15, 0.2) is 59.4 Å². The van der Waals surface area contributed by atoms with Crippen molar-refractivity contribution in [3.8, 4) is 17.3 Å². The molecule has 0 bridgehead atoms. The van der Waals surface area contributed by atoms with E-state index >= 15 is 0 Å². The van der Waals surface area contributed by atoms with E-state index in [-0.39, 0.29) is 5.91 Å². The predicted molar refractivity (Wildman–Crippen MR) is 113 cm³/mol. The molecule has 0 N–H and O–H groups in total. The van der Waals surface area contributed by atoms with E-state index in [1.54, 1.807) is 29.0 Å². The Hall–Kier alpha value is -3.81. The van der Waals surface area contributed by atoms with E-state index in [0.29, 0.717) is 28.8 Å². The van der Waals surface area contributed by atoms with Crippen molar-refractivity contribution < 1.29 is 9.32 Å². The second-order valence-electron chi connectivity index (χ2n) is 6.93. The van der Waals surface area contributed by atoms with Crippen LogP contribution in [0.25, 0.3) is 17.3 Å². The number of para-hydroxylation sites is 1. The molecule has 0 spiro atoms. The van der Waals surface area contributed by atoms with Crippen LogP contribution < -0.4 is 4.90 Å². The molecule has 0 aliphatic rings. The Labute approximate surface area is 174 Å². The molecule has 0 fully saturated rings. The van der Waals surface area contributed by atoms with Crippen molar-refractivity contribution in [3.63, 3.8) is 0 Å². The third kappa shape index (κ3) is 3.71. The molecule has 0 saturated carbocycles. The summed E-state index contributed by atoms with van der Waals surface area (Å²) in [5.41, 5.74) is 2.79. The van der Waals surface area contributed by atoms with Crippen molar-refractivity contribution in [3.05, 3.63) is 71.9 Å². The largest absolute Gasteiger partial charge is 0.334 e. The molecule has 8 nitrogen and oxygen atoms in total. The zero-order valence-corrected chi connectivity index (χ0v) is 17.1. The quantitative estimate of drug-likeness (QED) is 0.487. The van der Waals surface area contributed by atoms with Crippen LogP contribution >= 0.6 is 0 Å². The number of anilines is 1. The van der Waals surface area contributed by atoms with Crippen LogP contribution in [0.4, 0.5) is 5.69 Å². The molecule has 3 heterocycles. The van der Waals surface area contributed by atoms with Crippen LogP contribution in [-0.4, -0.2) is 37.9 Å². The van der Waals surface area contributed by atoms with Gasteiger partial charge in [0.25, 0.3) is 11.8 Å². The molecule has 1 aromatic carbocycles. The Morgan fingerprint density at radius 3 is 2.63 bits per heavy atom. The average molecular weight is 402 g/mol. The summed E-state index contributed by atoms with van der Waals surface area (Å²) in [6.07, 6.45) is 4.96. The lowest BCUT2D eigenvalue weighted by atomic mass is 10.2. The second kappa shape index (κ2) is 8.28. The fraction of sp³-hybridized carbons (Fsp3) is 0.227. The van der Waals surface area contributed by atoms with Gasteiger partial charge in [-0.05, 0) is 37.6 Å². The normalized spacial score (nSPS) is 10.9. The van der Waals surface area contributed by atoms with Crippen molar-refractivity contribution in [2.75, 3.05) is 11.9 Å². The topological polar surface area (TPSA) is 89.9 Å². The van der Waals surface area contributed by atoms with Crippen molar-refractivity contribution in [2.24, 2.45) is 0 Å². The van der Waals surface area contributed by atoms with Crippen LogP contribution in [-0.2, 0) is 6.42 Å². The minimum absolute atomic E-state index is 0.129. The number of aromatic nitrogens is 5. The van der Waals surface area contributed by atoms with Crippen molar-refractivity contribution >= 4 is 11.6 Å². The number of rotatable bonds is 6. The Morgan fingerprint density at radius 2 is 1.93 bits per heavy atom. The standard InChI is InChI=1S/C22H22N6O2/c1-4-8-19-25-21(30-26-19)16-11-12-20(23-13-16)28-15(2)18(14-24-28)22(29)27(3)17-9-6-5-7-10-17/h5-7,9-14H,4,8H2,1-3H3. The molecule has 0 atom stereocenters.